The first-order valence-electron chi connectivity index (χ1n) is 29.4. The van der Waals surface area contributed by atoms with E-state index >= 15 is 0 Å². The Morgan fingerprint density at radius 1 is 0.105 bits per heavy atom. The molecular weight excluding hydrogens is 1150 g/mol. The zero-order valence-electron chi connectivity index (χ0n) is 52.0. The fraction of sp³-hybridized carbons (Fsp3) is 1.00. The maximum atomic E-state index is 5.45. The van der Waals surface area contributed by atoms with Gasteiger partial charge in [-0.1, -0.05) is 0 Å². The Morgan fingerprint density at radius 3 is 0.244 bits per heavy atom. The molecule has 0 aromatic rings. The Bertz CT molecular complexity index is 1010. The average Bonchev–Trinajstić information content (AvgIpc) is 3.52. The van der Waals surface area contributed by atoms with Crippen LogP contribution in [0.25, 0.3) is 0 Å². The Balaban J connectivity index is -0.000000598. The lowest BCUT2D eigenvalue weighted by atomic mass is 10.6. The molecule has 0 aliphatic carbocycles. The van der Waals surface area contributed by atoms with Crippen LogP contribution < -0.4 is 46.5 Å². The second-order valence-corrected chi connectivity index (χ2v) is 16.1. The number of rotatable bonds is 74. The minimum Gasteiger partial charge on any atom is -0.378 e. The zero-order valence-corrected chi connectivity index (χ0v) is 52.0. The predicted molar refractivity (Wildman–Crippen MR) is 315 cm³/mol. The highest BCUT2D eigenvalue weighted by molar-refractivity contribution is 4.42. The topological polar surface area (TPSA) is 448 Å². The molecule has 0 saturated heterocycles. The standard InChI is InChI=1S/C24H52N2O12.C16H36N2O8.C8H20N2O4.C4H12N2O2/c25-1-2-27-3-4-28-5-6-29-7-8-30-9-10-31-11-12-32-13-14-33-15-16-34-17-18-35-19-20-36-21-22-37-23-24-38-26;17-1-2-19-3-4-20-5-6-21-7-8-22-9-10-23-11-12-24-13-14-25-15-16-26-18;9-1-2-11-3-4-12-5-6-13-7-8-14-10;5-1-2-7-3-4-8-6/h1-26H2;1-18H2;1-10H2;1-6H2. The van der Waals surface area contributed by atoms with Gasteiger partial charge in [-0.15, -0.1) is 0 Å². The first kappa shape index (κ1) is 91.1. The van der Waals surface area contributed by atoms with Crippen molar-refractivity contribution in [2.75, 3.05) is 343 Å². The SMILES string of the molecule is NCCOCCOCCOCCOCCOCCOCCOCCOCCOCCOCCOCCON.NCCOCCOCCOCCOCCOCCOCCOCCON.NCCOCCOCCOCCON.NCCOCCON. The van der Waals surface area contributed by atoms with Gasteiger partial charge in [-0.2, -0.15) is 0 Å². The van der Waals surface area contributed by atoms with E-state index in [0.29, 0.717) is 343 Å². The van der Waals surface area contributed by atoms with Crippen LogP contribution in [0.3, 0.4) is 0 Å². The van der Waals surface area contributed by atoms with Crippen LogP contribution in [0.1, 0.15) is 0 Å². The Labute approximate surface area is 512 Å². The second kappa shape index (κ2) is 97.2. The molecule has 0 aliphatic rings. The number of hydrogen-bond acceptors (Lipinski definition) is 34. The summed E-state index contributed by atoms with van der Waals surface area (Å²) in [5.41, 5.74) is 21.0. The fourth-order valence-corrected chi connectivity index (χ4v) is 5.13. The molecule has 0 saturated carbocycles. The summed E-state index contributed by atoms with van der Waals surface area (Å²) in [4.78, 5) is 17.3. The summed E-state index contributed by atoms with van der Waals surface area (Å²) in [6.07, 6.45) is 0. The summed E-state index contributed by atoms with van der Waals surface area (Å²) in [7, 11) is 0. The minimum absolute atomic E-state index is 0.374. The quantitative estimate of drug-likeness (QED) is 0.0211. The van der Waals surface area contributed by atoms with Crippen molar-refractivity contribution >= 4 is 0 Å². The van der Waals surface area contributed by atoms with Crippen molar-refractivity contribution in [3.05, 3.63) is 0 Å². The third-order valence-corrected chi connectivity index (χ3v) is 9.13. The molecule has 86 heavy (non-hydrogen) atoms. The molecule has 0 fully saturated rings. The molecule has 16 N–H and O–H groups in total. The average molecular weight is 1270 g/mol. The van der Waals surface area contributed by atoms with Crippen molar-refractivity contribution < 1.29 is 124 Å². The van der Waals surface area contributed by atoms with Crippen LogP contribution in [0.4, 0.5) is 0 Å². The Kier molecular flexibility index (Phi) is 103. The number of ether oxygens (including phenoxy) is 22. The molecule has 34 nitrogen and oxygen atoms in total. The second-order valence-electron chi connectivity index (χ2n) is 16.1. The smallest absolute Gasteiger partial charge is 0.0913 e. The van der Waals surface area contributed by atoms with Crippen molar-refractivity contribution in [1.29, 1.82) is 0 Å². The molecule has 0 atom stereocenters. The summed E-state index contributed by atoms with van der Waals surface area (Å²) < 4.78 is 117. The maximum absolute atomic E-state index is 5.45. The summed E-state index contributed by atoms with van der Waals surface area (Å²) in [6, 6.07) is 0. The van der Waals surface area contributed by atoms with Crippen molar-refractivity contribution in [2.24, 2.45) is 46.5 Å². The molecule has 0 heterocycles. The van der Waals surface area contributed by atoms with E-state index in [1.54, 1.807) is 0 Å². The molecule has 0 aromatic heterocycles. The van der Waals surface area contributed by atoms with E-state index in [4.69, 9.17) is 151 Å². The monoisotopic (exact) mass is 1270 g/mol. The molecule has 524 valence electrons. The molecule has 0 rings (SSSR count). The highest BCUT2D eigenvalue weighted by Gasteiger charge is 1.99. The van der Waals surface area contributed by atoms with Gasteiger partial charge >= 0.3 is 0 Å². The summed E-state index contributed by atoms with van der Waals surface area (Å²) in [6.45, 7) is 26.9. The lowest BCUT2D eigenvalue weighted by Gasteiger charge is -2.09. The van der Waals surface area contributed by atoms with Crippen LogP contribution in [-0.4, -0.2) is 343 Å². The van der Waals surface area contributed by atoms with Crippen molar-refractivity contribution in [3.8, 4) is 0 Å². The van der Waals surface area contributed by atoms with Gasteiger partial charge in [-0.3, -0.25) is 0 Å². The molecular formula is C52H120N8O26. The molecule has 0 aliphatic heterocycles. The number of nitrogens with two attached hydrogens (primary N) is 8. The van der Waals surface area contributed by atoms with E-state index in [0.717, 1.165) is 0 Å². The zero-order chi connectivity index (χ0) is 63.2. The van der Waals surface area contributed by atoms with Crippen LogP contribution >= 0.6 is 0 Å². The van der Waals surface area contributed by atoms with Gasteiger partial charge in [0, 0.05) is 26.2 Å². The van der Waals surface area contributed by atoms with Crippen LogP contribution in [0.5, 0.6) is 0 Å². The Hall–Kier alpha value is -1.36. The summed E-state index contributed by atoms with van der Waals surface area (Å²) >= 11 is 0. The van der Waals surface area contributed by atoms with Crippen molar-refractivity contribution in [2.45, 2.75) is 0 Å². The largest absolute Gasteiger partial charge is 0.378 e. The molecule has 0 spiro atoms. The summed E-state index contributed by atoms with van der Waals surface area (Å²) in [5.74, 6) is 19.2. The number of hydrogen-bond donors (Lipinski definition) is 8. The van der Waals surface area contributed by atoms with Gasteiger partial charge in [-0.25, -0.2) is 23.6 Å². The summed E-state index contributed by atoms with van der Waals surface area (Å²) in [5, 5.41) is 0. The van der Waals surface area contributed by atoms with E-state index in [2.05, 4.69) is 19.4 Å². The van der Waals surface area contributed by atoms with Crippen LogP contribution in [0.15, 0.2) is 0 Å². The van der Waals surface area contributed by atoms with Gasteiger partial charge in [0.05, 0.1) is 317 Å². The highest BCUT2D eigenvalue weighted by atomic mass is 16.6. The van der Waals surface area contributed by atoms with Gasteiger partial charge < -0.3 is 146 Å². The molecule has 0 bridgehead atoms. The molecule has 0 unspecified atom stereocenters. The van der Waals surface area contributed by atoms with Crippen LogP contribution in [-0.2, 0) is 124 Å². The molecule has 0 radical (unpaired) electrons. The first-order chi connectivity index (χ1) is 42.7. The van der Waals surface area contributed by atoms with Gasteiger partial charge in [0.2, 0.25) is 0 Å². The van der Waals surface area contributed by atoms with Gasteiger partial charge in [0.25, 0.3) is 0 Å². The minimum atomic E-state index is 0.374. The predicted octanol–water partition coefficient (Wildman–Crippen LogP) is -4.29. The van der Waals surface area contributed by atoms with E-state index < -0.39 is 0 Å². The van der Waals surface area contributed by atoms with Crippen molar-refractivity contribution in [1.82, 2.24) is 0 Å². The van der Waals surface area contributed by atoms with Crippen LogP contribution in [0, 0.1) is 0 Å². The fourth-order valence-electron chi connectivity index (χ4n) is 5.13. The van der Waals surface area contributed by atoms with Gasteiger partial charge in [-0.05, 0) is 0 Å². The third-order valence-electron chi connectivity index (χ3n) is 9.13. The molecule has 0 amide bonds. The normalized spacial score (nSPS) is 11.2. The molecule has 0 aromatic carbocycles. The lowest BCUT2D eigenvalue weighted by molar-refractivity contribution is -0.0283. The first-order valence-corrected chi connectivity index (χ1v) is 29.4. The van der Waals surface area contributed by atoms with Gasteiger partial charge in [0.1, 0.15) is 0 Å². The van der Waals surface area contributed by atoms with E-state index in [1.807, 2.05) is 0 Å². The van der Waals surface area contributed by atoms with Gasteiger partial charge in [0.15, 0.2) is 0 Å². The lowest BCUT2D eigenvalue weighted by Crippen LogP contribution is -2.16. The highest BCUT2D eigenvalue weighted by Crippen LogP contribution is 1.90. The van der Waals surface area contributed by atoms with Crippen molar-refractivity contribution in [3.63, 3.8) is 0 Å². The molecule has 34 heteroatoms. The van der Waals surface area contributed by atoms with E-state index in [9.17, 15) is 0 Å². The van der Waals surface area contributed by atoms with E-state index in [-0.39, 0.29) is 0 Å². The van der Waals surface area contributed by atoms with E-state index in [1.165, 1.54) is 0 Å². The third kappa shape index (κ3) is 104. The maximum Gasteiger partial charge on any atom is 0.0913 e. The Morgan fingerprint density at radius 2 is 0.174 bits per heavy atom. The van der Waals surface area contributed by atoms with Crippen LogP contribution in [0.2, 0.25) is 0 Å².